The van der Waals surface area contributed by atoms with E-state index in [1.807, 2.05) is 42.5 Å². The van der Waals surface area contributed by atoms with Gasteiger partial charge in [-0.2, -0.15) is 0 Å². The minimum absolute atomic E-state index is 0.598. The highest BCUT2D eigenvalue weighted by atomic mass is 16.5. The average molecular weight is 275 g/mol. The third kappa shape index (κ3) is 3.14. The van der Waals surface area contributed by atoms with Gasteiger partial charge in [0.25, 0.3) is 0 Å². The Morgan fingerprint density at radius 2 is 1.76 bits per heavy atom. The van der Waals surface area contributed by atoms with E-state index in [1.54, 1.807) is 0 Å². The molecule has 1 aliphatic rings. The summed E-state index contributed by atoms with van der Waals surface area (Å²) in [5.41, 5.74) is 4.03. The maximum atomic E-state index is 11.9. The molecule has 0 radical (unpaired) electrons. The zero-order valence-corrected chi connectivity index (χ0v) is 11.9. The highest BCUT2D eigenvalue weighted by molar-refractivity contribution is 5.99. The van der Waals surface area contributed by atoms with Crippen molar-refractivity contribution in [2.75, 3.05) is 6.54 Å². The predicted molar refractivity (Wildman–Crippen MR) is 85.3 cm³/mol. The Labute approximate surface area is 125 Å². The lowest BCUT2D eigenvalue weighted by Crippen LogP contribution is -2.10. The molecule has 3 rings (SSSR count). The largest absolute Gasteiger partial charge is 0.624 e. The van der Waals surface area contributed by atoms with Crippen LogP contribution in [0.15, 0.2) is 54.6 Å². The summed E-state index contributed by atoms with van der Waals surface area (Å²) in [4.78, 5) is 0. The second-order valence-corrected chi connectivity index (χ2v) is 5.16. The van der Waals surface area contributed by atoms with Gasteiger partial charge in [0.2, 0.25) is 0 Å². The van der Waals surface area contributed by atoms with Crippen LogP contribution in [0.4, 0.5) is 0 Å². The van der Waals surface area contributed by atoms with Gasteiger partial charge in [0, 0.05) is 24.8 Å². The van der Waals surface area contributed by atoms with Crippen LogP contribution in [0, 0.1) is 17.0 Å². The van der Waals surface area contributed by atoms with Gasteiger partial charge in [-0.05, 0) is 17.7 Å². The molecule has 0 amide bonds. The maximum Gasteiger partial charge on any atom is 0.195 e. The van der Waals surface area contributed by atoms with Crippen molar-refractivity contribution in [3.8, 4) is 11.8 Å². The van der Waals surface area contributed by atoms with Crippen molar-refractivity contribution >= 4 is 5.71 Å². The summed E-state index contributed by atoms with van der Waals surface area (Å²) in [7, 11) is 0. The smallest absolute Gasteiger partial charge is 0.195 e. The molecule has 1 heterocycles. The van der Waals surface area contributed by atoms with Gasteiger partial charge in [-0.25, -0.2) is 4.74 Å². The number of hydroxylamine groups is 1. The molecular formula is C19H17NO. The lowest BCUT2D eigenvalue weighted by molar-refractivity contribution is -0.447. The van der Waals surface area contributed by atoms with Gasteiger partial charge < -0.3 is 5.21 Å². The van der Waals surface area contributed by atoms with Crippen LogP contribution in [0.5, 0.6) is 0 Å². The highest BCUT2D eigenvalue weighted by Crippen LogP contribution is 2.16. The van der Waals surface area contributed by atoms with Crippen molar-refractivity contribution in [1.82, 2.24) is 0 Å². The van der Waals surface area contributed by atoms with Crippen LogP contribution in [-0.2, 0) is 6.42 Å². The zero-order valence-electron chi connectivity index (χ0n) is 11.9. The molecular weight excluding hydrogens is 258 g/mol. The molecule has 0 fully saturated rings. The van der Waals surface area contributed by atoms with Gasteiger partial charge >= 0.3 is 0 Å². The number of rotatable bonds is 2. The monoisotopic (exact) mass is 275 g/mol. The first-order valence-corrected chi connectivity index (χ1v) is 7.27. The van der Waals surface area contributed by atoms with Crippen molar-refractivity contribution in [3.05, 3.63) is 76.5 Å². The normalized spacial score (nSPS) is 13.9. The van der Waals surface area contributed by atoms with Crippen LogP contribution in [0.3, 0.4) is 0 Å². The molecule has 2 aromatic carbocycles. The quantitative estimate of drug-likeness (QED) is 0.469. The second-order valence-electron chi connectivity index (χ2n) is 5.16. The van der Waals surface area contributed by atoms with Crippen molar-refractivity contribution < 1.29 is 4.74 Å². The summed E-state index contributed by atoms with van der Waals surface area (Å²) < 4.78 is 1.11. The number of hydrogen-bond donors (Lipinski definition) is 0. The number of hydrogen-bond acceptors (Lipinski definition) is 1. The first kappa shape index (κ1) is 13.5. The molecule has 2 heteroatoms. The van der Waals surface area contributed by atoms with Gasteiger partial charge in [-0.15, -0.1) is 0 Å². The Morgan fingerprint density at radius 3 is 2.52 bits per heavy atom. The molecule has 0 spiro atoms. The lowest BCUT2D eigenvalue weighted by Gasteiger charge is -2.04. The predicted octanol–water partition coefficient (Wildman–Crippen LogP) is 3.37. The van der Waals surface area contributed by atoms with E-state index >= 15 is 0 Å². The summed E-state index contributed by atoms with van der Waals surface area (Å²) >= 11 is 0. The summed E-state index contributed by atoms with van der Waals surface area (Å²) in [6.45, 7) is 0.598. The molecule has 21 heavy (non-hydrogen) atoms. The van der Waals surface area contributed by atoms with Gasteiger partial charge in [0.05, 0.1) is 5.56 Å². The van der Waals surface area contributed by atoms with E-state index in [0.29, 0.717) is 6.54 Å². The first-order chi connectivity index (χ1) is 10.3. The standard InChI is InChI=1S/C19H17NO/c21-20-15-7-14-19(20)18-13-5-4-11-17(18)12-6-10-16-8-2-1-3-9-16/h1-5,8-9,11,13H,7,10,14-15H2. The maximum absolute atomic E-state index is 11.9. The molecule has 0 saturated heterocycles. The fourth-order valence-corrected chi connectivity index (χ4v) is 2.60. The molecule has 0 aliphatic carbocycles. The fraction of sp³-hybridized carbons (Fsp3) is 0.211. The summed E-state index contributed by atoms with van der Waals surface area (Å²) in [6, 6.07) is 18.1. The van der Waals surface area contributed by atoms with Gasteiger partial charge in [-0.3, -0.25) is 0 Å². The number of benzene rings is 2. The van der Waals surface area contributed by atoms with Crippen LogP contribution >= 0.6 is 0 Å². The van der Waals surface area contributed by atoms with E-state index in [4.69, 9.17) is 0 Å². The molecule has 0 aromatic heterocycles. The molecule has 2 aromatic rings. The summed E-state index contributed by atoms with van der Waals surface area (Å²) in [6.07, 6.45) is 2.51. The SMILES string of the molecule is [O-][N+]1=C(c2ccccc2C#CCc2ccccc2)CCC1. The Hall–Kier alpha value is -2.53. The van der Waals surface area contributed by atoms with Crippen molar-refractivity contribution in [3.63, 3.8) is 0 Å². The minimum atomic E-state index is 0.598. The molecule has 0 atom stereocenters. The molecule has 0 N–H and O–H groups in total. The van der Waals surface area contributed by atoms with E-state index in [9.17, 15) is 5.21 Å². The van der Waals surface area contributed by atoms with Crippen LogP contribution in [0.25, 0.3) is 0 Å². The van der Waals surface area contributed by atoms with Crippen molar-refractivity contribution in [2.24, 2.45) is 0 Å². The summed E-state index contributed by atoms with van der Waals surface area (Å²) in [5.74, 6) is 6.44. The van der Waals surface area contributed by atoms with Gasteiger partial charge in [0.15, 0.2) is 12.3 Å². The topological polar surface area (TPSA) is 26.1 Å². The van der Waals surface area contributed by atoms with Crippen molar-refractivity contribution in [2.45, 2.75) is 19.3 Å². The first-order valence-electron chi connectivity index (χ1n) is 7.27. The Morgan fingerprint density at radius 1 is 1.00 bits per heavy atom. The molecule has 2 nitrogen and oxygen atoms in total. The molecule has 1 aliphatic heterocycles. The van der Waals surface area contributed by atoms with Crippen molar-refractivity contribution in [1.29, 1.82) is 0 Å². The molecule has 104 valence electrons. The summed E-state index contributed by atoms with van der Waals surface area (Å²) in [5, 5.41) is 11.9. The van der Waals surface area contributed by atoms with Gasteiger partial charge in [0.1, 0.15) is 0 Å². The Kier molecular flexibility index (Phi) is 4.02. The van der Waals surface area contributed by atoms with E-state index in [-0.39, 0.29) is 0 Å². The second kappa shape index (κ2) is 6.28. The molecule has 0 bridgehead atoms. The fourth-order valence-electron chi connectivity index (χ4n) is 2.60. The minimum Gasteiger partial charge on any atom is -0.624 e. The zero-order chi connectivity index (χ0) is 14.5. The van der Waals surface area contributed by atoms with Gasteiger partial charge in [-0.1, -0.05) is 54.3 Å². The third-order valence-corrected chi connectivity index (χ3v) is 3.67. The third-order valence-electron chi connectivity index (χ3n) is 3.67. The van der Waals surface area contributed by atoms with Crippen LogP contribution in [0.2, 0.25) is 0 Å². The van der Waals surface area contributed by atoms with Crippen LogP contribution in [0.1, 0.15) is 29.5 Å². The van der Waals surface area contributed by atoms with E-state index < -0.39 is 0 Å². The Balaban J connectivity index is 1.85. The highest BCUT2D eigenvalue weighted by Gasteiger charge is 2.21. The van der Waals surface area contributed by atoms with E-state index in [0.717, 1.165) is 40.8 Å². The number of nitrogens with zero attached hydrogens (tertiary/aromatic N) is 1. The molecule has 0 saturated carbocycles. The average Bonchev–Trinajstić information content (AvgIpc) is 2.95. The lowest BCUT2D eigenvalue weighted by atomic mass is 10.0. The van der Waals surface area contributed by atoms with Crippen LogP contribution < -0.4 is 0 Å². The van der Waals surface area contributed by atoms with Crippen LogP contribution in [-0.4, -0.2) is 17.0 Å². The van der Waals surface area contributed by atoms with E-state index in [1.165, 1.54) is 5.56 Å². The van der Waals surface area contributed by atoms with E-state index in [2.05, 4.69) is 24.0 Å². The molecule has 0 unspecified atom stereocenters. The Bertz CT molecular complexity index is 720.